The highest BCUT2D eigenvalue weighted by Gasteiger charge is 2.28. The molecule has 0 amide bonds. The van der Waals surface area contributed by atoms with Crippen LogP contribution in [0.5, 0.6) is 0 Å². The summed E-state index contributed by atoms with van der Waals surface area (Å²) in [5.74, 6) is -1.52. The Balaban J connectivity index is 1.97. The molecule has 1 aliphatic rings. The molecule has 7 nitrogen and oxygen atoms in total. The largest absolute Gasteiger partial charge is 0.480 e. The smallest absolute Gasteiger partial charge is 0.318 e. The van der Waals surface area contributed by atoms with E-state index in [1.165, 1.54) is 12.1 Å². The van der Waals surface area contributed by atoms with Crippen molar-refractivity contribution < 1.29 is 27.4 Å². The lowest BCUT2D eigenvalue weighted by Crippen LogP contribution is -2.49. The molecule has 1 aromatic carbocycles. The number of rotatable bonds is 7. The van der Waals surface area contributed by atoms with Gasteiger partial charge in [-0.3, -0.25) is 9.69 Å². The summed E-state index contributed by atoms with van der Waals surface area (Å²) in [4.78, 5) is 12.9. The molecule has 1 atom stereocenters. The van der Waals surface area contributed by atoms with E-state index in [-0.39, 0.29) is 12.4 Å². The highest BCUT2D eigenvalue weighted by molar-refractivity contribution is 7.88. The van der Waals surface area contributed by atoms with Gasteiger partial charge in [-0.1, -0.05) is 12.1 Å². The topological polar surface area (TPSA) is 87.2 Å². The van der Waals surface area contributed by atoms with Crippen molar-refractivity contribution >= 4 is 16.0 Å². The van der Waals surface area contributed by atoms with Gasteiger partial charge >= 0.3 is 5.97 Å². The lowest BCUT2D eigenvalue weighted by molar-refractivity contribution is -0.137. The molecule has 1 fully saturated rings. The van der Waals surface area contributed by atoms with Crippen LogP contribution in [0.3, 0.4) is 0 Å². The van der Waals surface area contributed by atoms with Crippen LogP contribution in [0.1, 0.15) is 5.56 Å². The molecule has 1 aromatic rings. The number of halogens is 1. The van der Waals surface area contributed by atoms with Gasteiger partial charge in [0.2, 0.25) is 10.0 Å². The zero-order valence-corrected chi connectivity index (χ0v) is 14.2. The van der Waals surface area contributed by atoms with Gasteiger partial charge in [0.1, 0.15) is 12.4 Å². The van der Waals surface area contributed by atoms with Crippen LogP contribution in [-0.2, 0) is 26.1 Å². The fourth-order valence-electron chi connectivity index (χ4n) is 2.62. The van der Waals surface area contributed by atoms with Gasteiger partial charge in [-0.15, -0.1) is 0 Å². The van der Waals surface area contributed by atoms with Gasteiger partial charge in [0.15, 0.2) is 0 Å². The molecule has 1 heterocycles. The van der Waals surface area contributed by atoms with Gasteiger partial charge in [-0.25, -0.2) is 12.8 Å². The summed E-state index contributed by atoms with van der Waals surface area (Å²) in [6.07, 6.45) is 0.546. The molecule has 134 valence electrons. The minimum atomic E-state index is -3.64. The van der Waals surface area contributed by atoms with E-state index in [4.69, 9.17) is 9.84 Å². The van der Waals surface area contributed by atoms with Crippen molar-refractivity contribution in [1.82, 2.24) is 9.21 Å². The third-order valence-electron chi connectivity index (χ3n) is 3.71. The maximum atomic E-state index is 13.3. The van der Waals surface area contributed by atoms with Gasteiger partial charge in [-0.2, -0.15) is 4.31 Å². The molecular formula is C15H21FN2O5S. The number of carboxylic acids is 1. The number of carboxylic acid groups (broad SMARTS) is 1. The van der Waals surface area contributed by atoms with E-state index in [1.807, 2.05) is 11.0 Å². The molecular weight excluding hydrogens is 339 g/mol. The molecule has 0 aliphatic carbocycles. The Labute approximate surface area is 140 Å². The number of hydrogen-bond acceptors (Lipinski definition) is 5. The Morgan fingerprint density at radius 1 is 1.50 bits per heavy atom. The second-order valence-electron chi connectivity index (χ2n) is 5.81. The van der Waals surface area contributed by atoms with Crippen LogP contribution in [0.25, 0.3) is 0 Å². The van der Waals surface area contributed by atoms with E-state index in [9.17, 15) is 17.6 Å². The number of nitrogens with zero attached hydrogens (tertiary/aromatic N) is 2. The fraction of sp³-hybridized carbons (Fsp3) is 0.533. The normalized spacial score (nSPS) is 19.5. The average molecular weight is 360 g/mol. The first-order valence-corrected chi connectivity index (χ1v) is 9.34. The Morgan fingerprint density at radius 2 is 2.25 bits per heavy atom. The minimum absolute atomic E-state index is 0.0230. The number of benzene rings is 1. The molecule has 0 radical (unpaired) electrons. The van der Waals surface area contributed by atoms with Crippen molar-refractivity contribution in [3.63, 3.8) is 0 Å². The van der Waals surface area contributed by atoms with E-state index in [0.717, 1.165) is 16.1 Å². The molecule has 0 saturated carbocycles. The third kappa shape index (κ3) is 5.82. The third-order valence-corrected chi connectivity index (χ3v) is 4.92. The first-order valence-electron chi connectivity index (χ1n) is 7.49. The highest BCUT2D eigenvalue weighted by Crippen LogP contribution is 2.13. The lowest BCUT2D eigenvalue weighted by atomic mass is 10.2. The summed E-state index contributed by atoms with van der Waals surface area (Å²) < 4.78 is 43.1. The number of sulfonamides is 1. The lowest BCUT2D eigenvalue weighted by Gasteiger charge is -2.34. The van der Waals surface area contributed by atoms with Crippen LogP contribution in [-0.4, -0.2) is 73.8 Å². The molecule has 24 heavy (non-hydrogen) atoms. The zero-order chi connectivity index (χ0) is 17.7. The van der Waals surface area contributed by atoms with Crippen LogP contribution in [0.2, 0.25) is 0 Å². The molecule has 9 heteroatoms. The molecule has 0 unspecified atom stereocenters. The second kappa shape index (κ2) is 8.02. The van der Waals surface area contributed by atoms with E-state index in [0.29, 0.717) is 26.2 Å². The van der Waals surface area contributed by atoms with Crippen molar-refractivity contribution in [1.29, 1.82) is 0 Å². The first-order chi connectivity index (χ1) is 11.2. The molecule has 2 rings (SSSR count). The Bertz CT molecular complexity index is 682. The molecule has 0 spiro atoms. The molecule has 0 bridgehead atoms. The standard InChI is InChI=1S/C15H21FN2O5S/c1-24(21,22)18(11-15(19)20)10-14-9-17(5-6-23-14)8-12-3-2-4-13(16)7-12/h2-4,7,14H,5-6,8-11H2,1H3,(H,19,20)/t14-/m1/s1. The number of morpholine rings is 1. The van der Waals surface area contributed by atoms with Gasteiger partial charge in [0.25, 0.3) is 0 Å². The monoisotopic (exact) mass is 360 g/mol. The summed E-state index contributed by atoms with van der Waals surface area (Å²) in [6, 6.07) is 6.29. The molecule has 1 aliphatic heterocycles. The van der Waals surface area contributed by atoms with Crippen LogP contribution in [0.15, 0.2) is 24.3 Å². The van der Waals surface area contributed by atoms with Gasteiger partial charge < -0.3 is 9.84 Å². The molecule has 0 aromatic heterocycles. The number of carbonyl (C=O) groups is 1. The van der Waals surface area contributed by atoms with E-state index < -0.39 is 28.6 Å². The van der Waals surface area contributed by atoms with E-state index in [1.54, 1.807) is 6.07 Å². The summed E-state index contributed by atoms with van der Waals surface area (Å²) in [7, 11) is -3.64. The minimum Gasteiger partial charge on any atom is -0.480 e. The van der Waals surface area contributed by atoms with E-state index >= 15 is 0 Å². The number of aliphatic carboxylic acids is 1. The van der Waals surface area contributed by atoms with Crippen molar-refractivity contribution in [2.45, 2.75) is 12.6 Å². The average Bonchev–Trinajstić information content (AvgIpc) is 2.45. The van der Waals surface area contributed by atoms with Crippen LogP contribution in [0.4, 0.5) is 4.39 Å². The van der Waals surface area contributed by atoms with Gasteiger partial charge in [0, 0.05) is 26.2 Å². The summed E-state index contributed by atoms with van der Waals surface area (Å²) in [6.45, 7) is 1.40. The van der Waals surface area contributed by atoms with Crippen molar-refractivity contribution in [2.24, 2.45) is 0 Å². The predicted octanol–water partition coefficient (Wildman–Crippen LogP) is 0.373. The maximum Gasteiger partial charge on any atom is 0.318 e. The van der Waals surface area contributed by atoms with Crippen LogP contribution in [0, 0.1) is 5.82 Å². The first kappa shape index (κ1) is 18.8. The van der Waals surface area contributed by atoms with Gasteiger partial charge in [0.05, 0.1) is 19.0 Å². The van der Waals surface area contributed by atoms with Crippen LogP contribution >= 0.6 is 0 Å². The Morgan fingerprint density at radius 3 is 2.88 bits per heavy atom. The zero-order valence-electron chi connectivity index (χ0n) is 13.4. The summed E-state index contributed by atoms with van der Waals surface area (Å²) >= 11 is 0. The molecule has 1 N–H and O–H groups in total. The quantitative estimate of drug-likeness (QED) is 0.756. The number of ether oxygens (including phenoxy) is 1. The SMILES string of the molecule is CS(=O)(=O)N(CC(=O)O)C[C@H]1CN(Cc2cccc(F)c2)CCO1. The fourth-order valence-corrected chi connectivity index (χ4v) is 3.41. The van der Waals surface area contributed by atoms with Crippen molar-refractivity contribution in [3.8, 4) is 0 Å². The predicted molar refractivity (Wildman–Crippen MR) is 85.5 cm³/mol. The molecule has 1 saturated heterocycles. The van der Waals surface area contributed by atoms with Crippen LogP contribution < -0.4 is 0 Å². The van der Waals surface area contributed by atoms with Gasteiger partial charge in [-0.05, 0) is 17.7 Å². The highest BCUT2D eigenvalue weighted by atomic mass is 32.2. The summed E-state index contributed by atoms with van der Waals surface area (Å²) in [5, 5.41) is 8.86. The second-order valence-corrected chi connectivity index (χ2v) is 7.79. The maximum absolute atomic E-state index is 13.3. The number of hydrogen-bond donors (Lipinski definition) is 1. The Hall–Kier alpha value is -1.55. The Kier molecular flexibility index (Phi) is 6.27. The van der Waals surface area contributed by atoms with E-state index in [2.05, 4.69) is 0 Å². The summed E-state index contributed by atoms with van der Waals surface area (Å²) in [5.41, 5.74) is 0.821. The van der Waals surface area contributed by atoms with Crippen molar-refractivity contribution in [3.05, 3.63) is 35.6 Å². The van der Waals surface area contributed by atoms with Crippen molar-refractivity contribution in [2.75, 3.05) is 39.0 Å².